The molecule has 0 aliphatic rings. The van der Waals surface area contributed by atoms with Crippen LogP contribution in [0.4, 0.5) is 0 Å². The number of ether oxygens (including phenoxy) is 2. The summed E-state index contributed by atoms with van der Waals surface area (Å²) >= 11 is 0. The summed E-state index contributed by atoms with van der Waals surface area (Å²) in [6.07, 6.45) is 1.90. The van der Waals surface area contributed by atoms with Crippen LogP contribution in [0.25, 0.3) is 0 Å². The second-order valence-corrected chi connectivity index (χ2v) is 1.89. The molecule has 0 saturated heterocycles. The maximum Gasteiger partial charge on any atom is 0.0784 e. The molecule has 1 unspecified atom stereocenters. The summed E-state index contributed by atoms with van der Waals surface area (Å²) in [4.78, 5) is 0. The third kappa shape index (κ3) is 5.53. The standard InChI is InChI=1S/C7H14O2/c1-4-5-9-7(2)6-8-3/h4,7H,1,5-6H2,2-3H3. The van der Waals surface area contributed by atoms with Crippen LogP contribution in [0.1, 0.15) is 6.92 Å². The Labute approximate surface area is 56.5 Å². The van der Waals surface area contributed by atoms with E-state index in [4.69, 9.17) is 9.47 Å². The van der Waals surface area contributed by atoms with Crippen molar-refractivity contribution in [1.29, 1.82) is 0 Å². The molecule has 2 nitrogen and oxygen atoms in total. The average Bonchev–Trinajstić information content (AvgIpc) is 1.85. The van der Waals surface area contributed by atoms with E-state index in [-0.39, 0.29) is 6.10 Å². The van der Waals surface area contributed by atoms with E-state index in [1.165, 1.54) is 0 Å². The van der Waals surface area contributed by atoms with Crippen LogP contribution in [0.3, 0.4) is 0 Å². The molecular weight excluding hydrogens is 116 g/mol. The van der Waals surface area contributed by atoms with Gasteiger partial charge in [0, 0.05) is 7.11 Å². The second-order valence-electron chi connectivity index (χ2n) is 1.89. The van der Waals surface area contributed by atoms with Crippen LogP contribution in [0.5, 0.6) is 0 Å². The van der Waals surface area contributed by atoms with Crippen LogP contribution < -0.4 is 0 Å². The van der Waals surface area contributed by atoms with Crippen LogP contribution in [0.15, 0.2) is 12.7 Å². The fourth-order valence-electron chi connectivity index (χ4n) is 0.515. The Hall–Kier alpha value is -0.340. The van der Waals surface area contributed by atoms with Gasteiger partial charge in [0.25, 0.3) is 0 Å². The fourth-order valence-corrected chi connectivity index (χ4v) is 0.515. The molecule has 0 aliphatic heterocycles. The highest BCUT2D eigenvalue weighted by Crippen LogP contribution is 1.89. The number of hydrogen-bond donors (Lipinski definition) is 0. The molecule has 0 heterocycles. The lowest BCUT2D eigenvalue weighted by atomic mass is 10.4. The highest BCUT2D eigenvalue weighted by atomic mass is 16.5. The van der Waals surface area contributed by atoms with E-state index in [1.54, 1.807) is 13.2 Å². The summed E-state index contributed by atoms with van der Waals surface area (Å²) in [7, 11) is 1.66. The van der Waals surface area contributed by atoms with E-state index in [0.29, 0.717) is 13.2 Å². The molecule has 0 aromatic carbocycles. The van der Waals surface area contributed by atoms with Gasteiger partial charge in [-0.2, -0.15) is 0 Å². The predicted molar refractivity (Wildman–Crippen MR) is 37.5 cm³/mol. The van der Waals surface area contributed by atoms with Crippen molar-refractivity contribution in [2.45, 2.75) is 13.0 Å². The van der Waals surface area contributed by atoms with Crippen molar-refractivity contribution in [3.63, 3.8) is 0 Å². The summed E-state index contributed by atoms with van der Waals surface area (Å²) in [5.74, 6) is 0. The van der Waals surface area contributed by atoms with Gasteiger partial charge in [-0.1, -0.05) is 6.08 Å². The minimum Gasteiger partial charge on any atom is -0.382 e. The van der Waals surface area contributed by atoms with Crippen LogP contribution in [0.2, 0.25) is 0 Å². The number of rotatable bonds is 5. The van der Waals surface area contributed by atoms with E-state index in [9.17, 15) is 0 Å². The zero-order valence-electron chi connectivity index (χ0n) is 6.09. The Kier molecular flexibility index (Phi) is 5.57. The van der Waals surface area contributed by atoms with Gasteiger partial charge in [0.2, 0.25) is 0 Å². The molecule has 0 rings (SSSR count). The molecule has 0 N–H and O–H groups in total. The summed E-state index contributed by atoms with van der Waals surface area (Å²) in [6.45, 7) is 6.74. The molecule has 0 amide bonds. The van der Waals surface area contributed by atoms with E-state index < -0.39 is 0 Å². The van der Waals surface area contributed by atoms with Crippen LogP contribution in [-0.4, -0.2) is 26.4 Å². The van der Waals surface area contributed by atoms with Crippen molar-refractivity contribution in [1.82, 2.24) is 0 Å². The van der Waals surface area contributed by atoms with Crippen LogP contribution in [0, 0.1) is 0 Å². The second kappa shape index (κ2) is 5.79. The Morgan fingerprint density at radius 1 is 1.67 bits per heavy atom. The molecule has 0 radical (unpaired) electrons. The molecule has 0 aromatic heterocycles. The monoisotopic (exact) mass is 130 g/mol. The normalized spacial score (nSPS) is 13.1. The Balaban J connectivity index is 3.04. The molecule has 54 valence electrons. The quantitative estimate of drug-likeness (QED) is 0.521. The van der Waals surface area contributed by atoms with Gasteiger partial charge in [-0.05, 0) is 6.92 Å². The van der Waals surface area contributed by atoms with Crippen molar-refractivity contribution in [3.05, 3.63) is 12.7 Å². The Morgan fingerprint density at radius 3 is 2.78 bits per heavy atom. The van der Waals surface area contributed by atoms with Gasteiger partial charge in [-0.3, -0.25) is 0 Å². The third-order valence-corrected chi connectivity index (χ3v) is 0.900. The molecule has 9 heavy (non-hydrogen) atoms. The van der Waals surface area contributed by atoms with Crippen molar-refractivity contribution in [2.24, 2.45) is 0 Å². The lowest BCUT2D eigenvalue weighted by molar-refractivity contribution is 0.0228. The first kappa shape index (κ1) is 8.66. The van der Waals surface area contributed by atoms with Gasteiger partial charge in [0.05, 0.1) is 19.3 Å². The topological polar surface area (TPSA) is 18.5 Å². The lowest BCUT2D eigenvalue weighted by Gasteiger charge is -2.08. The van der Waals surface area contributed by atoms with Gasteiger partial charge < -0.3 is 9.47 Å². The summed E-state index contributed by atoms with van der Waals surface area (Å²) < 4.78 is 10.0. The van der Waals surface area contributed by atoms with Crippen molar-refractivity contribution in [3.8, 4) is 0 Å². The molecule has 2 heteroatoms. The third-order valence-electron chi connectivity index (χ3n) is 0.900. The van der Waals surface area contributed by atoms with Crippen molar-refractivity contribution < 1.29 is 9.47 Å². The van der Waals surface area contributed by atoms with Crippen molar-refractivity contribution in [2.75, 3.05) is 20.3 Å². The van der Waals surface area contributed by atoms with Gasteiger partial charge in [-0.25, -0.2) is 0 Å². The van der Waals surface area contributed by atoms with Gasteiger partial charge in [0.1, 0.15) is 0 Å². The Bertz CT molecular complexity index is 71.3. The molecule has 0 aromatic rings. The maximum atomic E-state index is 5.19. The zero-order chi connectivity index (χ0) is 7.11. The summed E-state index contributed by atoms with van der Waals surface area (Å²) in [6, 6.07) is 0. The molecule has 0 aliphatic carbocycles. The zero-order valence-corrected chi connectivity index (χ0v) is 6.09. The SMILES string of the molecule is C=CCOC(C)COC. The lowest BCUT2D eigenvalue weighted by Crippen LogP contribution is -2.14. The van der Waals surface area contributed by atoms with E-state index in [0.717, 1.165) is 0 Å². The first-order valence-corrected chi connectivity index (χ1v) is 3.02. The minimum atomic E-state index is 0.174. The first-order chi connectivity index (χ1) is 4.31. The van der Waals surface area contributed by atoms with Gasteiger partial charge >= 0.3 is 0 Å². The fraction of sp³-hybridized carbons (Fsp3) is 0.714. The van der Waals surface area contributed by atoms with Crippen molar-refractivity contribution >= 4 is 0 Å². The molecule has 0 fully saturated rings. The summed E-state index contributed by atoms with van der Waals surface area (Å²) in [5, 5.41) is 0. The van der Waals surface area contributed by atoms with E-state index in [1.807, 2.05) is 6.92 Å². The molecule has 1 atom stereocenters. The van der Waals surface area contributed by atoms with Gasteiger partial charge in [-0.15, -0.1) is 6.58 Å². The van der Waals surface area contributed by atoms with Crippen LogP contribution >= 0.6 is 0 Å². The largest absolute Gasteiger partial charge is 0.382 e. The highest BCUT2D eigenvalue weighted by Gasteiger charge is 1.96. The predicted octanol–water partition coefficient (Wildman–Crippen LogP) is 1.22. The van der Waals surface area contributed by atoms with Crippen LogP contribution in [-0.2, 0) is 9.47 Å². The molecular formula is C7H14O2. The van der Waals surface area contributed by atoms with E-state index >= 15 is 0 Å². The maximum absolute atomic E-state index is 5.19. The molecule has 0 spiro atoms. The summed E-state index contributed by atoms with van der Waals surface area (Å²) in [5.41, 5.74) is 0. The highest BCUT2D eigenvalue weighted by molar-refractivity contribution is 4.65. The number of methoxy groups -OCH3 is 1. The molecule has 0 bridgehead atoms. The number of hydrogen-bond acceptors (Lipinski definition) is 2. The minimum absolute atomic E-state index is 0.174. The molecule has 0 saturated carbocycles. The first-order valence-electron chi connectivity index (χ1n) is 3.02. The average molecular weight is 130 g/mol. The smallest absolute Gasteiger partial charge is 0.0784 e. The van der Waals surface area contributed by atoms with E-state index in [2.05, 4.69) is 6.58 Å². The Morgan fingerprint density at radius 2 is 2.33 bits per heavy atom. The van der Waals surface area contributed by atoms with Gasteiger partial charge in [0.15, 0.2) is 0 Å².